The lowest BCUT2D eigenvalue weighted by Gasteiger charge is -2.25. The highest BCUT2D eigenvalue weighted by Gasteiger charge is 2.22. The number of morpholine rings is 1. The molecule has 1 amide bonds. The van der Waals surface area contributed by atoms with Crippen molar-refractivity contribution < 1.29 is 9.53 Å². The fourth-order valence-corrected chi connectivity index (χ4v) is 3.25. The molecular weight excluding hydrogens is 224 g/mol. The van der Waals surface area contributed by atoms with E-state index in [1.807, 2.05) is 0 Å². The van der Waals surface area contributed by atoms with Crippen LogP contribution in [0.2, 0.25) is 0 Å². The van der Waals surface area contributed by atoms with Crippen molar-refractivity contribution in [3.05, 3.63) is 0 Å². The molecular formula is C11H20N2O2S. The van der Waals surface area contributed by atoms with Gasteiger partial charge in [-0.1, -0.05) is 6.42 Å². The quantitative estimate of drug-likeness (QED) is 0.753. The summed E-state index contributed by atoms with van der Waals surface area (Å²) in [5.74, 6) is 1.32. The third-order valence-corrected chi connectivity index (χ3v) is 4.36. The van der Waals surface area contributed by atoms with Crippen LogP contribution in [0.4, 0.5) is 0 Å². The van der Waals surface area contributed by atoms with E-state index in [2.05, 4.69) is 10.6 Å². The number of thioether (sulfide) groups is 1. The van der Waals surface area contributed by atoms with E-state index >= 15 is 0 Å². The molecule has 2 N–H and O–H groups in total. The van der Waals surface area contributed by atoms with Gasteiger partial charge in [-0.05, 0) is 18.6 Å². The molecule has 0 aromatic rings. The molecule has 2 unspecified atom stereocenters. The van der Waals surface area contributed by atoms with Gasteiger partial charge in [-0.3, -0.25) is 4.79 Å². The lowest BCUT2D eigenvalue weighted by molar-refractivity contribution is -0.121. The molecule has 0 aliphatic carbocycles. The van der Waals surface area contributed by atoms with E-state index in [0.717, 1.165) is 31.9 Å². The summed E-state index contributed by atoms with van der Waals surface area (Å²) in [6.07, 6.45) is 3.61. The van der Waals surface area contributed by atoms with Gasteiger partial charge in [0, 0.05) is 19.6 Å². The maximum atomic E-state index is 11.8. The van der Waals surface area contributed by atoms with E-state index in [1.54, 1.807) is 11.8 Å². The van der Waals surface area contributed by atoms with Crippen molar-refractivity contribution in [2.24, 2.45) is 0 Å². The molecule has 16 heavy (non-hydrogen) atoms. The van der Waals surface area contributed by atoms with Crippen molar-refractivity contribution in [3.8, 4) is 0 Å². The average molecular weight is 244 g/mol. The maximum absolute atomic E-state index is 11.8. The zero-order valence-electron chi connectivity index (χ0n) is 9.54. The summed E-state index contributed by atoms with van der Waals surface area (Å²) in [5.41, 5.74) is 0. The summed E-state index contributed by atoms with van der Waals surface area (Å²) in [4.78, 5) is 11.8. The van der Waals surface area contributed by atoms with Crippen molar-refractivity contribution in [1.82, 2.24) is 10.6 Å². The molecule has 2 heterocycles. The van der Waals surface area contributed by atoms with E-state index in [9.17, 15) is 4.79 Å². The summed E-state index contributed by atoms with van der Waals surface area (Å²) in [5, 5.41) is 6.43. The van der Waals surface area contributed by atoms with Crippen LogP contribution in [0.3, 0.4) is 0 Å². The summed E-state index contributed by atoms with van der Waals surface area (Å²) in [6.45, 7) is 3.16. The molecule has 0 aromatic carbocycles. The fraction of sp³-hybridized carbons (Fsp3) is 0.909. The Morgan fingerprint density at radius 2 is 2.44 bits per heavy atom. The number of rotatable bonds is 3. The van der Waals surface area contributed by atoms with Gasteiger partial charge in [-0.25, -0.2) is 0 Å². The zero-order chi connectivity index (χ0) is 11.2. The van der Waals surface area contributed by atoms with Crippen LogP contribution >= 0.6 is 11.8 Å². The Hall–Kier alpha value is -0.260. The van der Waals surface area contributed by atoms with Gasteiger partial charge in [0.05, 0.1) is 18.0 Å². The Balaban J connectivity index is 1.65. The summed E-state index contributed by atoms with van der Waals surface area (Å²) >= 11 is 1.79. The summed E-state index contributed by atoms with van der Waals surface area (Å²) in [7, 11) is 0. The molecule has 5 heteroatoms. The van der Waals surface area contributed by atoms with Gasteiger partial charge in [0.2, 0.25) is 5.91 Å². The Bertz CT molecular complexity index is 226. The number of nitrogens with one attached hydrogen (secondary N) is 2. The van der Waals surface area contributed by atoms with Crippen molar-refractivity contribution in [3.63, 3.8) is 0 Å². The molecule has 2 aliphatic rings. The van der Waals surface area contributed by atoms with Gasteiger partial charge in [-0.2, -0.15) is 0 Å². The Labute approximate surface area is 101 Å². The minimum absolute atomic E-state index is 0.145. The second-order valence-corrected chi connectivity index (χ2v) is 5.61. The van der Waals surface area contributed by atoms with Gasteiger partial charge in [0.1, 0.15) is 0 Å². The summed E-state index contributed by atoms with van der Waals surface area (Å²) < 4.78 is 5.53. The molecule has 0 saturated carbocycles. The Kier molecular flexibility index (Phi) is 4.93. The van der Waals surface area contributed by atoms with Crippen LogP contribution < -0.4 is 10.6 Å². The fourth-order valence-electron chi connectivity index (χ4n) is 2.03. The minimum Gasteiger partial charge on any atom is -0.374 e. The normalized spacial score (nSPS) is 31.0. The maximum Gasteiger partial charge on any atom is 0.233 e. The van der Waals surface area contributed by atoms with Crippen LogP contribution in [0.5, 0.6) is 0 Å². The number of hydrogen-bond donors (Lipinski definition) is 2. The molecule has 2 fully saturated rings. The lowest BCUT2D eigenvalue weighted by Crippen LogP contribution is -2.46. The SMILES string of the molecule is O=C(NCC1CNCCO1)C1CCCCS1. The number of ether oxygens (including phenoxy) is 1. The number of hydrogen-bond acceptors (Lipinski definition) is 4. The monoisotopic (exact) mass is 244 g/mol. The van der Waals surface area contributed by atoms with Crippen LogP contribution in [0, 0.1) is 0 Å². The van der Waals surface area contributed by atoms with Crippen molar-refractivity contribution in [2.45, 2.75) is 30.6 Å². The third kappa shape index (κ3) is 3.64. The highest BCUT2D eigenvalue weighted by atomic mass is 32.2. The average Bonchev–Trinajstić information content (AvgIpc) is 2.38. The largest absolute Gasteiger partial charge is 0.374 e. The molecule has 92 valence electrons. The standard InChI is InChI=1S/C11H20N2O2S/c14-11(10-3-1-2-6-16-10)13-8-9-7-12-4-5-15-9/h9-10,12H,1-8H2,(H,13,14). The van der Waals surface area contributed by atoms with E-state index in [1.165, 1.54) is 12.8 Å². The summed E-state index contributed by atoms with van der Waals surface area (Å²) in [6, 6.07) is 0. The van der Waals surface area contributed by atoms with Crippen molar-refractivity contribution in [1.29, 1.82) is 0 Å². The van der Waals surface area contributed by atoms with Gasteiger partial charge in [0.15, 0.2) is 0 Å². The van der Waals surface area contributed by atoms with Crippen LogP contribution in [-0.4, -0.2) is 49.3 Å². The van der Waals surface area contributed by atoms with Gasteiger partial charge in [-0.15, -0.1) is 11.8 Å². The van der Waals surface area contributed by atoms with Crippen LogP contribution in [-0.2, 0) is 9.53 Å². The van der Waals surface area contributed by atoms with Gasteiger partial charge >= 0.3 is 0 Å². The Morgan fingerprint density at radius 3 is 3.12 bits per heavy atom. The molecule has 0 radical (unpaired) electrons. The first-order valence-corrected chi connectivity index (χ1v) is 7.13. The molecule has 4 nitrogen and oxygen atoms in total. The Morgan fingerprint density at radius 1 is 1.50 bits per heavy atom. The first-order chi connectivity index (χ1) is 7.86. The van der Waals surface area contributed by atoms with E-state index in [0.29, 0.717) is 6.54 Å². The van der Waals surface area contributed by atoms with Crippen molar-refractivity contribution >= 4 is 17.7 Å². The molecule has 2 atom stereocenters. The third-order valence-electron chi connectivity index (χ3n) is 2.98. The van der Waals surface area contributed by atoms with Crippen LogP contribution in [0.15, 0.2) is 0 Å². The predicted molar refractivity (Wildman–Crippen MR) is 65.7 cm³/mol. The highest BCUT2D eigenvalue weighted by molar-refractivity contribution is 8.00. The van der Waals surface area contributed by atoms with Crippen molar-refractivity contribution in [2.75, 3.05) is 32.0 Å². The van der Waals surface area contributed by atoms with Gasteiger partial charge in [0.25, 0.3) is 0 Å². The molecule has 2 rings (SSSR count). The molecule has 0 aromatic heterocycles. The first-order valence-electron chi connectivity index (χ1n) is 6.08. The molecule has 2 aliphatic heterocycles. The minimum atomic E-state index is 0.145. The number of carbonyl (C=O) groups excluding carboxylic acids is 1. The highest BCUT2D eigenvalue weighted by Crippen LogP contribution is 2.24. The molecule has 0 spiro atoms. The van der Waals surface area contributed by atoms with E-state index in [-0.39, 0.29) is 17.3 Å². The second-order valence-electron chi connectivity index (χ2n) is 4.30. The first kappa shape index (κ1) is 12.2. The van der Waals surface area contributed by atoms with E-state index in [4.69, 9.17) is 4.74 Å². The van der Waals surface area contributed by atoms with E-state index < -0.39 is 0 Å². The van der Waals surface area contributed by atoms with Crippen LogP contribution in [0.1, 0.15) is 19.3 Å². The number of carbonyl (C=O) groups is 1. The van der Waals surface area contributed by atoms with Gasteiger partial charge < -0.3 is 15.4 Å². The smallest absolute Gasteiger partial charge is 0.233 e. The topological polar surface area (TPSA) is 50.4 Å². The lowest BCUT2D eigenvalue weighted by atomic mass is 10.2. The number of amides is 1. The zero-order valence-corrected chi connectivity index (χ0v) is 10.4. The van der Waals surface area contributed by atoms with Crippen LogP contribution in [0.25, 0.3) is 0 Å². The second kappa shape index (κ2) is 6.47. The molecule has 2 saturated heterocycles. The molecule has 0 bridgehead atoms. The predicted octanol–water partition coefficient (Wildman–Crippen LogP) is 0.377.